The number of rotatable bonds is 77. The van der Waals surface area contributed by atoms with Gasteiger partial charge in [-0.15, -0.1) is 0 Å². The molecule has 0 aromatic carbocycles. The Morgan fingerprint density at radius 3 is 0.694 bits per heavy atom. The second-order valence-electron chi connectivity index (χ2n) is 29.9. The van der Waals surface area contributed by atoms with E-state index in [1.54, 1.807) is 0 Å². The maximum Gasteiger partial charge on any atom is 0.472 e. The van der Waals surface area contributed by atoms with Crippen LogP contribution in [0, 0.1) is 17.8 Å². The first-order valence-electron chi connectivity index (χ1n) is 40.8. The summed E-state index contributed by atoms with van der Waals surface area (Å²) in [5.41, 5.74) is 0. The second-order valence-corrected chi connectivity index (χ2v) is 32.8. The van der Waals surface area contributed by atoms with Gasteiger partial charge in [0, 0.05) is 25.7 Å². The minimum Gasteiger partial charge on any atom is -0.462 e. The maximum atomic E-state index is 13.1. The number of phosphoric ester groups is 2. The highest BCUT2D eigenvalue weighted by Crippen LogP contribution is 2.45. The Morgan fingerprint density at radius 1 is 0.276 bits per heavy atom. The Labute approximate surface area is 600 Å². The smallest absolute Gasteiger partial charge is 0.462 e. The molecule has 582 valence electrons. The maximum absolute atomic E-state index is 13.1. The lowest BCUT2D eigenvalue weighted by Crippen LogP contribution is -2.30. The summed E-state index contributed by atoms with van der Waals surface area (Å²) in [6, 6.07) is 0. The fraction of sp³-hybridized carbons (Fsp3) is 0.949. The molecule has 17 nitrogen and oxygen atoms in total. The Kier molecular flexibility index (Phi) is 68.1. The molecule has 0 rings (SSSR count). The zero-order valence-corrected chi connectivity index (χ0v) is 66.0. The van der Waals surface area contributed by atoms with Crippen LogP contribution >= 0.6 is 15.6 Å². The molecule has 0 aromatic rings. The average Bonchev–Trinajstić information content (AvgIpc) is 1.19. The molecule has 2 unspecified atom stereocenters. The third kappa shape index (κ3) is 72.4. The standard InChI is InChI=1S/C79H154O17P2/c1-8-9-10-11-12-13-14-15-16-17-18-19-20-21-22-27-32-41-48-55-62-78(83)95-74(66-89-76(81)60-53-46-39-31-26-24-23-25-29-36-43-50-57-70(2)3)68-93-97(85,86)91-64-73(80)65-92-98(87,88)94-69-75(67-90-77(82)61-54-47-40-35-34-38-45-52-59-72(6)7)96-79(84)63-56-49-42-33-28-30-37-44-51-58-71(4)5/h70-75,80H,8-69H2,1-7H3,(H,85,86)(H,87,88)/t73-,74-,75-/m1/s1. The van der Waals surface area contributed by atoms with Crippen LogP contribution in [0.5, 0.6) is 0 Å². The van der Waals surface area contributed by atoms with E-state index >= 15 is 0 Å². The van der Waals surface area contributed by atoms with Gasteiger partial charge in [-0.2, -0.15) is 0 Å². The molecule has 98 heavy (non-hydrogen) atoms. The van der Waals surface area contributed by atoms with Crippen molar-refractivity contribution in [2.24, 2.45) is 17.8 Å². The number of unbranched alkanes of at least 4 members (excludes halogenated alkanes) is 45. The number of ether oxygens (including phenoxy) is 4. The van der Waals surface area contributed by atoms with E-state index in [4.69, 9.17) is 37.0 Å². The van der Waals surface area contributed by atoms with Gasteiger partial charge in [0.1, 0.15) is 19.3 Å². The van der Waals surface area contributed by atoms with Gasteiger partial charge < -0.3 is 33.8 Å². The van der Waals surface area contributed by atoms with Crippen molar-refractivity contribution in [1.82, 2.24) is 0 Å². The van der Waals surface area contributed by atoms with E-state index in [1.807, 2.05) is 0 Å². The van der Waals surface area contributed by atoms with E-state index in [-0.39, 0.29) is 25.7 Å². The number of carbonyl (C=O) groups excluding carboxylic acids is 4. The van der Waals surface area contributed by atoms with E-state index in [2.05, 4.69) is 48.5 Å². The molecule has 0 bridgehead atoms. The van der Waals surface area contributed by atoms with Gasteiger partial charge in [-0.25, -0.2) is 9.13 Å². The molecule has 0 aromatic heterocycles. The minimum atomic E-state index is -4.96. The van der Waals surface area contributed by atoms with Crippen molar-refractivity contribution < 1.29 is 80.2 Å². The first-order chi connectivity index (χ1) is 47.2. The Balaban J connectivity index is 5.23. The van der Waals surface area contributed by atoms with Gasteiger partial charge >= 0.3 is 39.5 Å². The van der Waals surface area contributed by atoms with E-state index in [0.717, 1.165) is 108 Å². The number of carbonyl (C=O) groups is 4. The molecule has 0 saturated heterocycles. The molecule has 5 atom stereocenters. The molecule has 0 aliphatic carbocycles. The molecule has 0 aliphatic heterocycles. The van der Waals surface area contributed by atoms with Crippen LogP contribution in [0.1, 0.15) is 408 Å². The van der Waals surface area contributed by atoms with E-state index < -0.39 is 97.5 Å². The largest absolute Gasteiger partial charge is 0.472 e. The third-order valence-electron chi connectivity index (χ3n) is 18.4. The number of phosphoric acid groups is 2. The minimum absolute atomic E-state index is 0.105. The molecule has 3 N–H and O–H groups in total. The fourth-order valence-electron chi connectivity index (χ4n) is 12.1. The summed E-state index contributed by atoms with van der Waals surface area (Å²) in [4.78, 5) is 72.9. The molecule has 0 spiro atoms. The topological polar surface area (TPSA) is 237 Å². The molecule has 0 radical (unpaired) electrons. The van der Waals surface area contributed by atoms with Crippen molar-refractivity contribution in [3.63, 3.8) is 0 Å². The molecular formula is C79H154O17P2. The number of hydrogen-bond donors (Lipinski definition) is 3. The molecule has 0 saturated carbocycles. The van der Waals surface area contributed by atoms with Crippen LogP contribution in [0.2, 0.25) is 0 Å². The molecule has 19 heteroatoms. The van der Waals surface area contributed by atoms with Crippen molar-refractivity contribution in [3.05, 3.63) is 0 Å². The Hall–Kier alpha value is -1.94. The van der Waals surface area contributed by atoms with E-state index in [1.165, 1.54) is 218 Å². The Morgan fingerprint density at radius 2 is 0.469 bits per heavy atom. The first kappa shape index (κ1) is 96.1. The fourth-order valence-corrected chi connectivity index (χ4v) is 13.7. The summed E-state index contributed by atoms with van der Waals surface area (Å²) in [7, 11) is -9.92. The van der Waals surface area contributed by atoms with Crippen molar-refractivity contribution in [2.75, 3.05) is 39.6 Å². The zero-order chi connectivity index (χ0) is 72.3. The lowest BCUT2D eigenvalue weighted by molar-refractivity contribution is -0.161. The summed E-state index contributed by atoms with van der Waals surface area (Å²) in [6.45, 7) is 11.9. The van der Waals surface area contributed by atoms with Gasteiger partial charge in [0.25, 0.3) is 0 Å². The molecule has 0 amide bonds. The monoisotopic (exact) mass is 1440 g/mol. The number of esters is 4. The highest BCUT2D eigenvalue weighted by atomic mass is 31.2. The number of aliphatic hydroxyl groups excluding tert-OH is 1. The van der Waals surface area contributed by atoms with Gasteiger partial charge in [0.15, 0.2) is 12.2 Å². The lowest BCUT2D eigenvalue weighted by Gasteiger charge is -2.21. The summed E-state index contributed by atoms with van der Waals surface area (Å²) in [5, 5.41) is 10.6. The van der Waals surface area contributed by atoms with Crippen molar-refractivity contribution >= 4 is 39.5 Å². The quantitative estimate of drug-likeness (QED) is 0.0222. The summed E-state index contributed by atoms with van der Waals surface area (Å²) in [6.07, 6.45) is 57.0. The summed E-state index contributed by atoms with van der Waals surface area (Å²) < 4.78 is 68.6. The van der Waals surface area contributed by atoms with Crippen molar-refractivity contribution in [2.45, 2.75) is 426 Å². The van der Waals surface area contributed by atoms with Gasteiger partial charge in [0.05, 0.1) is 26.4 Å². The molecule has 0 heterocycles. The summed E-state index contributed by atoms with van der Waals surface area (Å²) in [5.74, 6) is 0.129. The van der Waals surface area contributed by atoms with Crippen molar-refractivity contribution in [3.8, 4) is 0 Å². The summed E-state index contributed by atoms with van der Waals surface area (Å²) >= 11 is 0. The Bertz CT molecular complexity index is 1900. The average molecular weight is 1440 g/mol. The highest BCUT2D eigenvalue weighted by molar-refractivity contribution is 7.47. The predicted molar refractivity (Wildman–Crippen MR) is 400 cm³/mol. The van der Waals surface area contributed by atoms with Crippen LogP contribution in [0.3, 0.4) is 0 Å². The first-order valence-corrected chi connectivity index (χ1v) is 43.8. The van der Waals surface area contributed by atoms with Gasteiger partial charge in [-0.05, 0) is 43.4 Å². The molecule has 0 aliphatic rings. The van der Waals surface area contributed by atoms with Crippen LogP contribution in [-0.4, -0.2) is 96.7 Å². The SMILES string of the molecule is CCCCCCCCCCCCCCCCCCCCCCC(=O)O[C@H](COC(=O)CCCCCCCCCCCCCCC(C)C)COP(=O)(O)OC[C@@H](O)COP(=O)(O)OC[C@@H](COC(=O)CCCCCCCCCCC(C)C)OC(=O)CCCCCCCCCCCC(C)C. The van der Waals surface area contributed by atoms with Gasteiger partial charge in [0.2, 0.25) is 0 Å². The van der Waals surface area contributed by atoms with E-state index in [9.17, 15) is 43.2 Å². The second kappa shape index (κ2) is 69.4. The third-order valence-corrected chi connectivity index (χ3v) is 20.3. The highest BCUT2D eigenvalue weighted by Gasteiger charge is 2.30. The van der Waals surface area contributed by atoms with Crippen LogP contribution < -0.4 is 0 Å². The van der Waals surface area contributed by atoms with Crippen LogP contribution in [0.4, 0.5) is 0 Å². The number of hydrogen-bond acceptors (Lipinski definition) is 15. The van der Waals surface area contributed by atoms with Gasteiger partial charge in [-0.1, -0.05) is 357 Å². The number of aliphatic hydroxyl groups is 1. The normalized spacial score (nSPS) is 14.0. The predicted octanol–water partition coefficient (Wildman–Crippen LogP) is 23.4. The lowest BCUT2D eigenvalue weighted by atomic mass is 10.0. The molecule has 0 fully saturated rings. The van der Waals surface area contributed by atoms with Crippen molar-refractivity contribution in [1.29, 1.82) is 0 Å². The van der Waals surface area contributed by atoms with Crippen LogP contribution in [0.25, 0.3) is 0 Å². The van der Waals surface area contributed by atoms with Crippen LogP contribution in [-0.2, 0) is 65.4 Å². The van der Waals surface area contributed by atoms with E-state index in [0.29, 0.717) is 25.7 Å². The molecular weight excluding hydrogens is 1280 g/mol. The zero-order valence-electron chi connectivity index (χ0n) is 64.3. The van der Waals surface area contributed by atoms with Gasteiger partial charge in [-0.3, -0.25) is 37.3 Å². The van der Waals surface area contributed by atoms with Crippen LogP contribution in [0.15, 0.2) is 0 Å².